The Morgan fingerprint density at radius 2 is 1.77 bits per heavy atom. The molecule has 0 bridgehead atoms. The molecule has 8 heteroatoms. The number of anilines is 1. The predicted octanol–water partition coefficient (Wildman–Crippen LogP) is 3.10. The molecule has 2 amide bonds. The molecule has 1 atom stereocenters. The molecule has 3 rings (SSSR count). The number of hydrogen-bond donors (Lipinski definition) is 3. The maximum absolute atomic E-state index is 12.2. The van der Waals surface area contributed by atoms with E-state index in [9.17, 15) is 14.7 Å². The van der Waals surface area contributed by atoms with Gasteiger partial charge in [-0.05, 0) is 29.8 Å². The minimum absolute atomic E-state index is 0.174. The topological polar surface area (TPSA) is 96.9 Å². The Labute approximate surface area is 178 Å². The van der Waals surface area contributed by atoms with Crippen LogP contribution in [0.3, 0.4) is 0 Å². The van der Waals surface area contributed by atoms with E-state index in [2.05, 4.69) is 10.6 Å². The average Bonchev–Trinajstić information content (AvgIpc) is 3.26. The van der Waals surface area contributed by atoms with Crippen LogP contribution in [0.1, 0.15) is 21.4 Å². The smallest absolute Gasteiger partial charge is 0.313 e. The number of ether oxygens (including phenoxy) is 2. The van der Waals surface area contributed by atoms with Gasteiger partial charge in [-0.2, -0.15) is 0 Å². The van der Waals surface area contributed by atoms with E-state index in [4.69, 9.17) is 9.47 Å². The lowest BCUT2D eigenvalue weighted by Crippen LogP contribution is -2.34. The van der Waals surface area contributed by atoms with Crippen LogP contribution in [0, 0.1) is 0 Å². The number of hydrogen-bond acceptors (Lipinski definition) is 6. The average molecular weight is 426 g/mol. The highest BCUT2D eigenvalue weighted by Gasteiger charge is 2.17. The lowest BCUT2D eigenvalue weighted by molar-refractivity contribution is -0.136. The number of aliphatic hydroxyl groups excluding tert-OH is 1. The number of thiophene rings is 1. The molecule has 7 nitrogen and oxygen atoms in total. The van der Waals surface area contributed by atoms with Gasteiger partial charge < -0.3 is 25.2 Å². The number of aliphatic hydroxyl groups is 1. The van der Waals surface area contributed by atoms with Gasteiger partial charge in [-0.1, -0.05) is 30.3 Å². The maximum atomic E-state index is 12.2. The van der Waals surface area contributed by atoms with Crippen molar-refractivity contribution in [1.29, 1.82) is 0 Å². The number of methoxy groups -OCH3 is 2. The van der Waals surface area contributed by atoms with Gasteiger partial charge in [0.15, 0.2) is 0 Å². The molecule has 0 saturated heterocycles. The van der Waals surface area contributed by atoms with Crippen molar-refractivity contribution in [2.45, 2.75) is 12.6 Å². The van der Waals surface area contributed by atoms with Crippen molar-refractivity contribution in [3.05, 3.63) is 76.0 Å². The third kappa shape index (κ3) is 5.16. The van der Waals surface area contributed by atoms with Gasteiger partial charge in [0.1, 0.15) is 17.6 Å². The molecule has 0 aliphatic heterocycles. The number of carbonyl (C=O) groups excluding carboxylic acids is 2. The molecule has 30 heavy (non-hydrogen) atoms. The first-order valence-electron chi connectivity index (χ1n) is 9.14. The third-order valence-electron chi connectivity index (χ3n) is 4.35. The van der Waals surface area contributed by atoms with Crippen LogP contribution in [-0.4, -0.2) is 31.1 Å². The van der Waals surface area contributed by atoms with Gasteiger partial charge in [-0.15, -0.1) is 11.3 Å². The molecular weight excluding hydrogens is 404 g/mol. The molecule has 2 aromatic carbocycles. The van der Waals surface area contributed by atoms with Gasteiger partial charge in [0.05, 0.1) is 26.5 Å². The first-order valence-corrected chi connectivity index (χ1v) is 9.96. The summed E-state index contributed by atoms with van der Waals surface area (Å²) in [6, 6.07) is 17.8. The van der Waals surface area contributed by atoms with E-state index in [1.165, 1.54) is 25.6 Å². The largest absolute Gasteiger partial charge is 0.497 e. The zero-order valence-corrected chi connectivity index (χ0v) is 17.4. The van der Waals surface area contributed by atoms with Crippen molar-refractivity contribution < 1.29 is 24.2 Å². The highest BCUT2D eigenvalue weighted by molar-refractivity contribution is 7.12. The van der Waals surface area contributed by atoms with Crippen molar-refractivity contribution in [2.24, 2.45) is 0 Å². The molecule has 0 spiro atoms. The Morgan fingerprint density at radius 3 is 2.47 bits per heavy atom. The second-order valence-electron chi connectivity index (χ2n) is 6.32. The normalized spacial score (nSPS) is 11.4. The van der Waals surface area contributed by atoms with Crippen LogP contribution in [0.5, 0.6) is 11.5 Å². The standard InChI is InChI=1S/C22H22N2O5S/c1-28-15-8-10-18(29-2)17(12-15)24-22(27)21(26)23-13-16-9-11-19(30-16)20(25)14-6-4-3-5-7-14/h3-12,20,25H,13H2,1-2H3,(H,23,26)(H,24,27). The zero-order chi connectivity index (χ0) is 21.5. The monoisotopic (exact) mass is 426 g/mol. The summed E-state index contributed by atoms with van der Waals surface area (Å²) < 4.78 is 10.3. The van der Waals surface area contributed by atoms with Crippen molar-refractivity contribution >= 4 is 28.8 Å². The highest BCUT2D eigenvalue weighted by Crippen LogP contribution is 2.29. The van der Waals surface area contributed by atoms with Gasteiger partial charge in [0.2, 0.25) is 0 Å². The molecule has 0 aliphatic carbocycles. The molecule has 1 heterocycles. The molecular formula is C22H22N2O5S. The maximum Gasteiger partial charge on any atom is 0.313 e. The molecule has 1 unspecified atom stereocenters. The van der Waals surface area contributed by atoms with Crippen LogP contribution in [0.4, 0.5) is 5.69 Å². The molecule has 0 radical (unpaired) electrons. The van der Waals surface area contributed by atoms with Gasteiger partial charge >= 0.3 is 11.8 Å². The number of carbonyl (C=O) groups is 2. The van der Waals surface area contributed by atoms with Gasteiger partial charge in [-0.25, -0.2) is 0 Å². The zero-order valence-electron chi connectivity index (χ0n) is 16.5. The van der Waals surface area contributed by atoms with Gasteiger partial charge in [-0.3, -0.25) is 9.59 Å². The minimum atomic E-state index is -0.817. The van der Waals surface area contributed by atoms with E-state index >= 15 is 0 Å². The fraction of sp³-hybridized carbons (Fsp3) is 0.182. The van der Waals surface area contributed by atoms with Crippen molar-refractivity contribution in [2.75, 3.05) is 19.5 Å². The van der Waals surface area contributed by atoms with Crippen molar-refractivity contribution in [3.8, 4) is 11.5 Å². The second-order valence-corrected chi connectivity index (χ2v) is 7.52. The van der Waals surface area contributed by atoms with Crippen LogP contribution < -0.4 is 20.1 Å². The van der Waals surface area contributed by atoms with E-state index < -0.39 is 17.9 Å². The second kappa shape index (κ2) is 9.91. The Bertz CT molecular complexity index is 1020. The van der Waals surface area contributed by atoms with E-state index in [1.807, 2.05) is 42.5 Å². The fourth-order valence-corrected chi connectivity index (χ4v) is 3.74. The summed E-state index contributed by atoms with van der Waals surface area (Å²) in [5.41, 5.74) is 1.13. The van der Waals surface area contributed by atoms with E-state index in [0.29, 0.717) is 17.2 Å². The fourth-order valence-electron chi connectivity index (χ4n) is 2.77. The summed E-state index contributed by atoms with van der Waals surface area (Å²) >= 11 is 1.37. The van der Waals surface area contributed by atoms with Crippen LogP contribution in [0.15, 0.2) is 60.7 Å². The summed E-state index contributed by atoms with van der Waals surface area (Å²) in [5.74, 6) is -0.662. The predicted molar refractivity (Wildman–Crippen MR) is 115 cm³/mol. The lowest BCUT2D eigenvalue weighted by atomic mass is 10.1. The minimum Gasteiger partial charge on any atom is -0.497 e. The summed E-state index contributed by atoms with van der Waals surface area (Å²) in [5, 5.41) is 15.6. The van der Waals surface area contributed by atoms with Gasteiger partial charge in [0, 0.05) is 15.8 Å². The van der Waals surface area contributed by atoms with E-state index in [1.54, 1.807) is 18.2 Å². The summed E-state index contributed by atoms with van der Waals surface area (Å²) in [6.45, 7) is 0.174. The van der Waals surface area contributed by atoms with E-state index in [0.717, 1.165) is 15.3 Å². The summed E-state index contributed by atoms with van der Waals surface area (Å²) in [7, 11) is 2.97. The number of rotatable bonds is 7. The van der Waals surface area contributed by atoms with Crippen LogP contribution in [-0.2, 0) is 16.1 Å². The third-order valence-corrected chi connectivity index (χ3v) is 5.49. The molecule has 0 saturated carbocycles. The first-order chi connectivity index (χ1) is 14.5. The Hall–Kier alpha value is -3.36. The molecule has 156 valence electrons. The van der Waals surface area contributed by atoms with Crippen LogP contribution >= 0.6 is 11.3 Å². The van der Waals surface area contributed by atoms with Crippen molar-refractivity contribution in [1.82, 2.24) is 5.32 Å². The van der Waals surface area contributed by atoms with Crippen LogP contribution in [0.2, 0.25) is 0 Å². The summed E-state index contributed by atoms with van der Waals surface area (Å²) in [4.78, 5) is 26.0. The Morgan fingerprint density at radius 1 is 1.00 bits per heavy atom. The quantitative estimate of drug-likeness (QED) is 0.505. The number of nitrogens with one attached hydrogen (secondary N) is 2. The summed E-state index contributed by atoms with van der Waals surface area (Å²) in [6.07, 6.45) is -0.732. The van der Waals surface area contributed by atoms with Crippen LogP contribution in [0.25, 0.3) is 0 Å². The molecule has 3 aromatic rings. The van der Waals surface area contributed by atoms with Gasteiger partial charge in [0.25, 0.3) is 0 Å². The first kappa shape index (κ1) is 21.4. The molecule has 3 N–H and O–H groups in total. The lowest BCUT2D eigenvalue weighted by Gasteiger charge is -2.11. The Kier molecular flexibility index (Phi) is 7.05. The Balaban J connectivity index is 1.58. The highest BCUT2D eigenvalue weighted by atomic mass is 32.1. The SMILES string of the molecule is COc1ccc(OC)c(NC(=O)C(=O)NCc2ccc(C(O)c3ccccc3)s2)c1. The van der Waals surface area contributed by atoms with E-state index in [-0.39, 0.29) is 6.54 Å². The van der Waals surface area contributed by atoms with Crippen molar-refractivity contribution in [3.63, 3.8) is 0 Å². The molecule has 0 fully saturated rings. The molecule has 1 aromatic heterocycles. The number of benzene rings is 2. The molecule has 0 aliphatic rings. The number of amides is 2.